The lowest BCUT2D eigenvalue weighted by Gasteiger charge is -2.10. The highest BCUT2D eigenvalue weighted by Crippen LogP contribution is 2.24. The van der Waals surface area contributed by atoms with E-state index in [1.54, 1.807) is 28.8 Å². The van der Waals surface area contributed by atoms with E-state index in [2.05, 4.69) is 25.4 Å². The number of aromatic nitrogens is 5. The molecule has 0 fully saturated rings. The first-order valence-electron chi connectivity index (χ1n) is 10.1. The van der Waals surface area contributed by atoms with Gasteiger partial charge in [0.1, 0.15) is 0 Å². The normalized spacial score (nSPS) is 11.0. The first-order chi connectivity index (χ1) is 15.8. The van der Waals surface area contributed by atoms with Gasteiger partial charge in [0.15, 0.2) is 11.0 Å². The number of fused-ring (bicyclic) bond motifs is 1. The average molecular weight is 441 g/mol. The van der Waals surface area contributed by atoms with Gasteiger partial charge < -0.3 is 10.3 Å². The van der Waals surface area contributed by atoms with Crippen molar-refractivity contribution in [2.75, 3.05) is 0 Å². The fourth-order valence-corrected chi connectivity index (χ4v) is 4.28. The minimum absolute atomic E-state index is 0.108. The Kier molecular flexibility index (Phi) is 5.67. The van der Waals surface area contributed by atoms with Gasteiger partial charge in [0.25, 0.3) is 5.91 Å². The molecule has 3 aromatic heterocycles. The van der Waals surface area contributed by atoms with Crippen LogP contribution in [0, 0.1) is 0 Å². The number of H-pyrrole nitrogens is 1. The maximum Gasteiger partial charge on any atom is 0.251 e. The van der Waals surface area contributed by atoms with Crippen LogP contribution in [-0.4, -0.2) is 30.6 Å². The first-order valence-corrected chi connectivity index (χ1v) is 11.1. The van der Waals surface area contributed by atoms with Gasteiger partial charge in [-0.3, -0.25) is 4.79 Å². The summed E-state index contributed by atoms with van der Waals surface area (Å²) in [6.07, 6.45) is 5.26. The van der Waals surface area contributed by atoms with Crippen LogP contribution in [0.3, 0.4) is 0 Å². The Bertz CT molecular complexity index is 1330. The van der Waals surface area contributed by atoms with Crippen LogP contribution in [0.1, 0.15) is 21.5 Å². The van der Waals surface area contributed by atoms with Gasteiger partial charge in [-0.05, 0) is 47.5 Å². The number of carbonyl (C=O) groups is 1. The number of hydrogen-bond acceptors (Lipinski definition) is 5. The Hall–Kier alpha value is -3.91. The highest BCUT2D eigenvalue weighted by atomic mass is 32.2. The van der Waals surface area contributed by atoms with E-state index in [-0.39, 0.29) is 5.91 Å². The highest BCUT2D eigenvalue weighted by molar-refractivity contribution is 7.98. The Morgan fingerprint density at radius 2 is 1.91 bits per heavy atom. The average Bonchev–Trinajstić information content (AvgIpc) is 3.51. The van der Waals surface area contributed by atoms with E-state index < -0.39 is 0 Å². The van der Waals surface area contributed by atoms with Crippen LogP contribution in [0.25, 0.3) is 16.9 Å². The summed E-state index contributed by atoms with van der Waals surface area (Å²) in [6, 6.07) is 21.2. The fraction of sp³-hybridized carbons (Fsp3) is 0.0833. The number of pyridine rings is 1. The summed E-state index contributed by atoms with van der Waals surface area (Å²) in [7, 11) is 0. The quantitative estimate of drug-likeness (QED) is 0.367. The third-order valence-electron chi connectivity index (χ3n) is 5.00. The number of nitrogens with zero attached hydrogens (tertiary/aromatic N) is 4. The molecule has 0 aliphatic heterocycles. The zero-order valence-electron chi connectivity index (χ0n) is 17.1. The summed E-state index contributed by atoms with van der Waals surface area (Å²) >= 11 is 1.58. The summed E-state index contributed by atoms with van der Waals surface area (Å²) < 4.78 is 1.69. The molecule has 0 saturated carbocycles. The number of para-hydroxylation sites is 2. The summed E-state index contributed by atoms with van der Waals surface area (Å²) in [5.74, 6) is 1.25. The second kappa shape index (κ2) is 9.07. The lowest BCUT2D eigenvalue weighted by atomic mass is 10.1. The molecule has 7 nitrogen and oxygen atoms in total. The number of imidazole rings is 1. The van der Waals surface area contributed by atoms with Crippen molar-refractivity contribution in [3.05, 3.63) is 102 Å². The minimum atomic E-state index is -0.108. The van der Waals surface area contributed by atoms with Crippen LogP contribution >= 0.6 is 11.8 Å². The van der Waals surface area contributed by atoms with E-state index in [9.17, 15) is 4.79 Å². The van der Waals surface area contributed by atoms with Crippen LogP contribution in [0.4, 0.5) is 0 Å². The number of nitrogens with one attached hydrogen (secondary N) is 2. The second-order valence-electron chi connectivity index (χ2n) is 7.16. The maximum atomic E-state index is 12.9. The van der Waals surface area contributed by atoms with Gasteiger partial charge >= 0.3 is 0 Å². The summed E-state index contributed by atoms with van der Waals surface area (Å²) in [6.45, 7) is 0.403. The number of benzene rings is 2. The Morgan fingerprint density at radius 1 is 1.03 bits per heavy atom. The van der Waals surface area contributed by atoms with Crippen molar-refractivity contribution in [3.63, 3.8) is 0 Å². The van der Waals surface area contributed by atoms with Crippen molar-refractivity contribution in [1.82, 2.24) is 30.0 Å². The molecule has 32 heavy (non-hydrogen) atoms. The number of hydrogen-bond donors (Lipinski definition) is 2. The predicted molar refractivity (Wildman–Crippen MR) is 125 cm³/mol. The van der Waals surface area contributed by atoms with E-state index in [4.69, 9.17) is 0 Å². The molecular weight excluding hydrogens is 420 g/mol. The largest absolute Gasteiger partial charge is 0.348 e. The molecule has 0 spiro atoms. The zero-order chi connectivity index (χ0) is 21.8. The molecule has 1 amide bonds. The van der Waals surface area contributed by atoms with Crippen molar-refractivity contribution in [1.29, 1.82) is 0 Å². The number of carbonyl (C=O) groups excluding carboxylic acids is 1. The summed E-state index contributed by atoms with van der Waals surface area (Å²) in [5, 5.41) is 8.05. The number of rotatable bonds is 7. The SMILES string of the molecule is O=C(NCc1ccnc(-n2cccn2)c1)c1ccccc1CSc1nc2ccccc2[nH]1. The van der Waals surface area contributed by atoms with Crippen LogP contribution in [-0.2, 0) is 12.3 Å². The van der Waals surface area contributed by atoms with Crippen LogP contribution in [0.15, 0.2) is 90.5 Å². The number of aromatic amines is 1. The Morgan fingerprint density at radius 3 is 2.78 bits per heavy atom. The predicted octanol–water partition coefficient (Wildman–Crippen LogP) is 4.37. The molecular formula is C24H20N6OS. The van der Waals surface area contributed by atoms with Crippen LogP contribution in [0.5, 0.6) is 0 Å². The van der Waals surface area contributed by atoms with E-state index in [1.165, 1.54) is 0 Å². The van der Waals surface area contributed by atoms with Gasteiger partial charge in [-0.1, -0.05) is 42.1 Å². The highest BCUT2D eigenvalue weighted by Gasteiger charge is 2.12. The van der Waals surface area contributed by atoms with Gasteiger partial charge in [0.05, 0.1) is 11.0 Å². The van der Waals surface area contributed by atoms with Gasteiger partial charge in [0.2, 0.25) is 0 Å². The smallest absolute Gasteiger partial charge is 0.251 e. The van der Waals surface area contributed by atoms with Gasteiger partial charge in [0, 0.05) is 36.5 Å². The molecule has 2 N–H and O–H groups in total. The zero-order valence-corrected chi connectivity index (χ0v) is 17.9. The Labute approximate surface area is 188 Å². The van der Waals surface area contributed by atoms with E-state index in [0.29, 0.717) is 23.7 Å². The molecule has 5 rings (SSSR count). The molecule has 5 aromatic rings. The van der Waals surface area contributed by atoms with Crippen molar-refractivity contribution in [2.24, 2.45) is 0 Å². The molecule has 0 bridgehead atoms. The van der Waals surface area contributed by atoms with Crippen molar-refractivity contribution >= 4 is 28.7 Å². The van der Waals surface area contributed by atoms with E-state index in [1.807, 2.05) is 72.9 Å². The molecule has 0 atom stereocenters. The molecule has 0 saturated heterocycles. The third-order valence-corrected chi connectivity index (χ3v) is 5.92. The lowest BCUT2D eigenvalue weighted by Crippen LogP contribution is -2.24. The third kappa shape index (κ3) is 4.40. The molecule has 8 heteroatoms. The van der Waals surface area contributed by atoms with Gasteiger partial charge in [-0.15, -0.1) is 0 Å². The molecule has 0 aliphatic rings. The van der Waals surface area contributed by atoms with Crippen molar-refractivity contribution in [2.45, 2.75) is 17.5 Å². The minimum Gasteiger partial charge on any atom is -0.348 e. The molecule has 0 radical (unpaired) electrons. The molecule has 158 valence electrons. The Balaban J connectivity index is 1.26. The summed E-state index contributed by atoms with van der Waals surface area (Å²) in [5.41, 5.74) is 4.52. The topological polar surface area (TPSA) is 88.5 Å². The van der Waals surface area contributed by atoms with Crippen molar-refractivity contribution < 1.29 is 4.79 Å². The maximum absolute atomic E-state index is 12.9. The monoisotopic (exact) mass is 440 g/mol. The number of amides is 1. The van der Waals surface area contributed by atoms with Crippen LogP contribution in [0.2, 0.25) is 0 Å². The molecule has 2 aromatic carbocycles. The summed E-state index contributed by atoms with van der Waals surface area (Å²) in [4.78, 5) is 25.2. The van der Waals surface area contributed by atoms with E-state index in [0.717, 1.165) is 27.3 Å². The van der Waals surface area contributed by atoms with Crippen molar-refractivity contribution in [3.8, 4) is 5.82 Å². The standard InChI is InChI=1S/C24H20N6OS/c31-23(26-15-17-10-12-25-22(14-17)30-13-5-11-27-30)19-7-2-1-6-18(19)16-32-24-28-20-8-3-4-9-21(20)29-24/h1-14H,15-16H2,(H,26,31)(H,28,29). The van der Waals surface area contributed by atoms with E-state index >= 15 is 0 Å². The fourth-order valence-electron chi connectivity index (χ4n) is 3.39. The molecule has 0 unspecified atom stereocenters. The lowest BCUT2D eigenvalue weighted by molar-refractivity contribution is 0.0950. The van der Waals surface area contributed by atoms with Crippen LogP contribution < -0.4 is 5.32 Å². The number of thioether (sulfide) groups is 1. The molecule has 0 aliphatic carbocycles. The molecule has 3 heterocycles. The van der Waals surface area contributed by atoms with Gasteiger partial charge in [-0.25, -0.2) is 14.6 Å². The van der Waals surface area contributed by atoms with Gasteiger partial charge in [-0.2, -0.15) is 5.10 Å². The first kappa shape index (κ1) is 20.0. The second-order valence-corrected chi connectivity index (χ2v) is 8.12.